The van der Waals surface area contributed by atoms with Gasteiger partial charge in [0.25, 0.3) is 0 Å². The molecule has 3 atom stereocenters. The van der Waals surface area contributed by atoms with Crippen molar-refractivity contribution in [1.82, 2.24) is 10.3 Å². The average molecular weight is 278 g/mol. The van der Waals surface area contributed by atoms with Crippen molar-refractivity contribution >= 4 is 0 Å². The van der Waals surface area contributed by atoms with Crippen LogP contribution in [0.4, 0.5) is 4.39 Å². The molecule has 0 bridgehead atoms. The Kier molecular flexibility index (Phi) is 5.96. The van der Waals surface area contributed by atoms with Crippen LogP contribution in [0, 0.1) is 17.7 Å². The zero-order valence-corrected chi connectivity index (χ0v) is 12.7. The number of hydrogen-bond donors (Lipinski definition) is 1. The van der Waals surface area contributed by atoms with E-state index in [2.05, 4.69) is 24.1 Å². The zero-order chi connectivity index (χ0) is 14.4. The number of halogens is 1. The summed E-state index contributed by atoms with van der Waals surface area (Å²) in [6, 6.07) is 1.68. The first-order valence-electron chi connectivity index (χ1n) is 8.05. The van der Waals surface area contributed by atoms with Crippen LogP contribution < -0.4 is 5.32 Å². The Morgan fingerprint density at radius 2 is 2.15 bits per heavy atom. The summed E-state index contributed by atoms with van der Waals surface area (Å²) in [5, 5.41) is 3.54. The zero-order valence-electron chi connectivity index (χ0n) is 12.7. The molecular formula is C17H27FN2. The molecule has 1 saturated carbocycles. The standard InChI is InChI=1S/C17H27FN2/c1-3-7-19-10-14-6-5-13(4-2)8-17(14)15-9-16(18)12-20-11-15/h9,11-14,17,19H,3-8,10H2,1-2H3. The molecule has 1 heterocycles. The molecule has 0 radical (unpaired) electrons. The first-order chi connectivity index (χ1) is 9.74. The maximum absolute atomic E-state index is 13.5. The van der Waals surface area contributed by atoms with E-state index in [0.717, 1.165) is 31.0 Å². The number of nitrogens with one attached hydrogen (secondary N) is 1. The van der Waals surface area contributed by atoms with Gasteiger partial charge in [-0.1, -0.05) is 26.7 Å². The molecule has 20 heavy (non-hydrogen) atoms. The summed E-state index contributed by atoms with van der Waals surface area (Å²) in [5.41, 5.74) is 1.09. The van der Waals surface area contributed by atoms with Gasteiger partial charge in [-0.2, -0.15) is 0 Å². The molecule has 1 aliphatic rings. The molecule has 0 amide bonds. The lowest BCUT2D eigenvalue weighted by atomic mass is 9.70. The van der Waals surface area contributed by atoms with Crippen molar-refractivity contribution in [2.75, 3.05) is 13.1 Å². The van der Waals surface area contributed by atoms with Crippen LogP contribution >= 0.6 is 0 Å². The van der Waals surface area contributed by atoms with Crippen molar-refractivity contribution in [3.63, 3.8) is 0 Å². The molecule has 3 unspecified atom stereocenters. The van der Waals surface area contributed by atoms with Crippen LogP contribution in [0.25, 0.3) is 0 Å². The van der Waals surface area contributed by atoms with Crippen LogP contribution in [0.2, 0.25) is 0 Å². The third-order valence-corrected chi connectivity index (χ3v) is 4.67. The highest BCUT2D eigenvalue weighted by molar-refractivity contribution is 5.18. The van der Waals surface area contributed by atoms with E-state index in [0.29, 0.717) is 11.8 Å². The molecule has 2 rings (SSSR count). The van der Waals surface area contributed by atoms with E-state index in [4.69, 9.17) is 0 Å². The molecule has 0 saturated heterocycles. The molecule has 1 fully saturated rings. The Labute approximate surface area is 122 Å². The number of pyridine rings is 1. The second-order valence-electron chi connectivity index (χ2n) is 6.09. The Morgan fingerprint density at radius 3 is 2.85 bits per heavy atom. The van der Waals surface area contributed by atoms with Crippen LogP contribution in [0.5, 0.6) is 0 Å². The molecule has 112 valence electrons. The predicted molar refractivity (Wildman–Crippen MR) is 81.2 cm³/mol. The topological polar surface area (TPSA) is 24.9 Å². The van der Waals surface area contributed by atoms with E-state index in [-0.39, 0.29) is 5.82 Å². The van der Waals surface area contributed by atoms with Crippen LogP contribution in [-0.4, -0.2) is 18.1 Å². The molecule has 2 nitrogen and oxygen atoms in total. The summed E-state index contributed by atoms with van der Waals surface area (Å²) in [7, 11) is 0. The summed E-state index contributed by atoms with van der Waals surface area (Å²) in [5.74, 6) is 1.65. The van der Waals surface area contributed by atoms with E-state index in [1.807, 2.05) is 6.20 Å². The number of rotatable bonds is 6. The van der Waals surface area contributed by atoms with Crippen LogP contribution in [-0.2, 0) is 0 Å². The number of hydrogen-bond acceptors (Lipinski definition) is 2. The summed E-state index contributed by atoms with van der Waals surface area (Å²) in [6.45, 7) is 6.57. The second-order valence-corrected chi connectivity index (χ2v) is 6.09. The molecule has 3 heteroatoms. The minimum atomic E-state index is -0.207. The smallest absolute Gasteiger partial charge is 0.141 e. The van der Waals surface area contributed by atoms with Gasteiger partial charge in [-0.25, -0.2) is 4.39 Å². The maximum atomic E-state index is 13.5. The normalized spacial score (nSPS) is 26.6. The minimum Gasteiger partial charge on any atom is -0.316 e. The summed E-state index contributed by atoms with van der Waals surface area (Å²) >= 11 is 0. The molecule has 1 aromatic heterocycles. The molecule has 1 N–H and O–H groups in total. The van der Waals surface area contributed by atoms with Crippen molar-refractivity contribution in [3.8, 4) is 0 Å². The lowest BCUT2D eigenvalue weighted by Gasteiger charge is -2.36. The van der Waals surface area contributed by atoms with Gasteiger partial charge >= 0.3 is 0 Å². The fraction of sp³-hybridized carbons (Fsp3) is 0.706. The van der Waals surface area contributed by atoms with Crippen LogP contribution in [0.15, 0.2) is 18.5 Å². The van der Waals surface area contributed by atoms with Crippen molar-refractivity contribution in [2.45, 2.75) is 51.9 Å². The van der Waals surface area contributed by atoms with Gasteiger partial charge in [-0.15, -0.1) is 0 Å². The van der Waals surface area contributed by atoms with E-state index < -0.39 is 0 Å². The summed E-state index contributed by atoms with van der Waals surface area (Å²) < 4.78 is 13.5. The van der Waals surface area contributed by atoms with Gasteiger partial charge < -0.3 is 5.32 Å². The molecule has 1 aliphatic carbocycles. The lowest BCUT2D eigenvalue weighted by Crippen LogP contribution is -2.32. The first kappa shape index (κ1) is 15.4. The summed E-state index contributed by atoms with van der Waals surface area (Å²) in [6.07, 6.45) is 9.29. The highest BCUT2D eigenvalue weighted by Crippen LogP contribution is 2.41. The molecule has 0 spiro atoms. The largest absolute Gasteiger partial charge is 0.316 e. The Morgan fingerprint density at radius 1 is 1.30 bits per heavy atom. The molecule has 0 aromatic carbocycles. The van der Waals surface area contributed by atoms with Crippen molar-refractivity contribution in [3.05, 3.63) is 29.8 Å². The maximum Gasteiger partial charge on any atom is 0.141 e. The third kappa shape index (κ3) is 4.02. The monoisotopic (exact) mass is 278 g/mol. The van der Waals surface area contributed by atoms with Crippen molar-refractivity contribution in [1.29, 1.82) is 0 Å². The highest BCUT2D eigenvalue weighted by Gasteiger charge is 2.30. The Balaban J connectivity index is 2.09. The number of nitrogens with zero attached hydrogens (tertiary/aromatic N) is 1. The van der Waals surface area contributed by atoms with Gasteiger partial charge in [0.1, 0.15) is 5.82 Å². The minimum absolute atomic E-state index is 0.207. The van der Waals surface area contributed by atoms with Gasteiger partial charge in [0.15, 0.2) is 0 Å². The lowest BCUT2D eigenvalue weighted by molar-refractivity contribution is 0.225. The van der Waals surface area contributed by atoms with E-state index in [1.165, 1.54) is 31.9 Å². The van der Waals surface area contributed by atoms with Gasteiger partial charge in [0, 0.05) is 6.20 Å². The van der Waals surface area contributed by atoms with Crippen LogP contribution in [0.1, 0.15) is 57.4 Å². The van der Waals surface area contributed by atoms with Crippen molar-refractivity contribution < 1.29 is 4.39 Å². The summed E-state index contributed by atoms with van der Waals surface area (Å²) in [4.78, 5) is 4.05. The average Bonchev–Trinajstić information content (AvgIpc) is 2.48. The molecule has 0 aliphatic heterocycles. The highest BCUT2D eigenvalue weighted by atomic mass is 19.1. The quantitative estimate of drug-likeness (QED) is 0.791. The van der Waals surface area contributed by atoms with E-state index >= 15 is 0 Å². The third-order valence-electron chi connectivity index (χ3n) is 4.67. The fourth-order valence-corrected chi connectivity index (χ4v) is 3.44. The van der Waals surface area contributed by atoms with Crippen LogP contribution in [0.3, 0.4) is 0 Å². The fourth-order valence-electron chi connectivity index (χ4n) is 3.44. The Bertz CT molecular complexity index is 406. The molecule has 1 aromatic rings. The van der Waals surface area contributed by atoms with Gasteiger partial charge in [0.05, 0.1) is 6.20 Å². The number of aromatic nitrogens is 1. The Hall–Kier alpha value is -0.960. The SMILES string of the molecule is CCCNCC1CCC(CC)CC1c1cncc(F)c1. The van der Waals surface area contributed by atoms with Gasteiger partial charge in [-0.3, -0.25) is 4.98 Å². The van der Waals surface area contributed by atoms with Crippen molar-refractivity contribution in [2.24, 2.45) is 11.8 Å². The predicted octanol–water partition coefficient (Wildman–Crippen LogP) is 4.13. The van der Waals surface area contributed by atoms with E-state index in [9.17, 15) is 4.39 Å². The van der Waals surface area contributed by atoms with Gasteiger partial charge in [0.2, 0.25) is 0 Å². The van der Waals surface area contributed by atoms with E-state index in [1.54, 1.807) is 6.07 Å². The first-order valence-corrected chi connectivity index (χ1v) is 8.05. The second kappa shape index (κ2) is 7.72. The van der Waals surface area contributed by atoms with Gasteiger partial charge in [-0.05, 0) is 61.7 Å². The molecular weight excluding hydrogens is 251 g/mol.